The predicted molar refractivity (Wildman–Crippen MR) is 60.1 cm³/mol. The summed E-state index contributed by atoms with van der Waals surface area (Å²) in [6, 6.07) is 0. The number of aliphatic hydroxyl groups excluding tert-OH is 1. The van der Waals surface area contributed by atoms with Crippen LogP contribution in [0.5, 0.6) is 0 Å². The molecule has 0 amide bonds. The SMILES string of the molecule is C=C(C)[C@@H](CCC(C)(C)O)CC(C)O. The van der Waals surface area contributed by atoms with Gasteiger partial charge in [0.25, 0.3) is 0 Å². The molecular weight excluding hydrogens is 176 g/mol. The van der Waals surface area contributed by atoms with Crippen LogP contribution in [0.1, 0.15) is 47.0 Å². The van der Waals surface area contributed by atoms with Gasteiger partial charge < -0.3 is 10.2 Å². The Balaban J connectivity index is 4.05. The molecule has 0 aromatic carbocycles. The van der Waals surface area contributed by atoms with Gasteiger partial charge >= 0.3 is 0 Å². The van der Waals surface area contributed by atoms with Crippen molar-refractivity contribution in [1.82, 2.24) is 0 Å². The summed E-state index contributed by atoms with van der Waals surface area (Å²) < 4.78 is 0. The molecule has 0 aliphatic carbocycles. The minimum absolute atomic E-state index is 0.293. The van der Waals surface area contributed by atoms with Crippen LogP contribution in [0.3, 0.4) is 0 Å². The third kappa shape index (κ3) is 7.10. The minimum Gasteiger partial charge on any atom is -0.393 e. The molecule has 2 N–H and O–H groups in total. The highest BCUT2D eigenvalue weighted by Gasteiger charge is 2.18. The van der Waals surface area contributed by atoms with Gasteiger partial charge in [0.05, 0.1) is 11.7 Å². The molecule has 2 nitrogen and oxygen atoms in total. The zero-order valence-electron chi connectivity index (χ0n) is 9.88. The molecule has 0 spiro atoms. The Bertz CT molecular complexity index is 177. The second-order valence-corrected chi connectivity index (χ2v) is 4.98. The van der Waals surface area contributed by atoms with Crippen LogP contribution in [0.15, 0.2) is 12.2 Å². The Morgan fingerprint density at radius 1 is 1.43 bits per heavy atom. The number of hydrogen-bond acceptors (Lipinski definition) is 2. The highest BCUT2D eigenvalue weighted by Crippen LogP contribution is 2.24. The van der Waals surface area contributed by atoms with Crippen LogP contribution in [0.2, 0.25) is 0 Å². The van der Waals surface area contributed by atoms with Crippen molar-refractivity contribution >= 4 is 0 Å². The van der Waals surface area contributed by atoms with Gasteiger partial charge in [-0.15, -0.1) is 0 Å². The molecule has 0 heterocycles. The summed E-state index contributed by atoms with van der Waals surface area (Å²) in [6.45, 7) is 11.3. The highest BCUT2D eigenvalue weighted by atomic mass is 16.3. The van der Waals surface area contributed by atoms with Gasteiger partial charge in [0, 0.05) is 0 Å². The standard InChI is InChI=1S/C12H24O2/c1-9(2)11(8-10(3)13)6-7-12(4,5)14/h10-11,13-14H,1,6-8H2,2-5H3/t10?,11-/m0/s1. The molecule has 0 aromatic heterocycles. The molecule has 0 saturated carbocycles. The van der Waals surface area contributed by atoms with E-state index in [-0.39, 0.29) is 6.10 Å². The van der Waals surface area contributed by atoms with Crippen molar-refractivity contribution in [3.63, 3.8) is 0 Å². The first-order chi connectivity index (χ1) is 6.22. The Labute approximate surface area is 87.7 Å². The number of rotatable bonds is 6. The molecule has 0 fully saturated rings. The lowest BCUT2D eigenvalue weighted by Gasteiger charge is -2.23. The zero-order chi connectivity index (χ0) is 11.4. The summed E-state index contributed by atoms with van der Waals surface area (Å²) in [5.74, 6) is 0.321. The van der Waals surface area contributed by atoms with E-state index in [0.717, 1.165) is 24.8 Å². The van der Waals surface area contributed by atoms with E-state index < -0.39 is 5.60 Å². The molecule has 0 aliphatic heterocycles. The van der Waals surface area contributed by atoms with E-state index in [4.69, 9.17) is 0 Å². The van der Waals surface area contributed by atoms with Crippen LogP contribution in [-0.2, 0) is 0 Å². The summed E-state index contributed by atoms with van der Waals surface area (Å²) >= 11 is 0. The van der Waals surface area contributed by atoms with E-state index in [9.17, 15) is 10.2 Å². The molecule has 0 rings (SSSR count). The molecule has 2 atom stereocenters. The number of allylic oxidation sites excluding steroid dienone is 1. The molecule has 0 aliphatic rings. The van der Waals surface area contributed by atoms with Gasteiger partial charge in [-0.05, 0) is 52.9 Å². The first kappa shape index (κ1) is 13.7. The Kier molecular flexibility index (Phi) is 5.38. The quantitative estimate of drug-likeness (QED) is 0.647. The van der Waals surface area contributed by atoms with Gasteiger partial charge in [-0.25, -0.2) is 0 Å². The second-order valence-electron chi connectivity index (χ2n) is 4.98. The van der Waals surface area contributed by atoms with Crippen LogP contribution in [0.4, 0.5) is 0 Å². The molecule has 1 unspecified atom stereocenters. The van der Waals surface area contributed by atoms with Gasteiger partial charge in [-0.1, -0.05) is 12.2 Å². The Morgan fingerprint density at radius 2 is 1.93 bits per heavy atom. The van der Waals surface area contributed by atoms with E-state index in [2.05, 4.69) is 6.58 Å². The lowest BCUT2D eigenvalue weighted by molar-refractivity contribution is 0.0616. The van der Waals surface area contributed by atoms with Crippen molar-refractivity contribution in [2.45, 2.75) is 58.7 Å². The maximum Gasteiger partial charge on any atom is 0.0592 e. The summed E-state index contributed by atoms with van der Waals surface area (Å²) in [7, 11) is 0. The summed E-state index contributed by atoms with van der Waals surface area (Å²) in [6.07, 6.45) is 2.09. The Morgan fingerprint density at radius 3 is 2.21 bits per heavy atom. The molecule has 0 aromatic rings. The average molecular weight is 200 g/mol. The average Bonchev–Trinajstić information content (AvgIpc) is 1.94. The maximum atomic E-state index is 9.59. The van der Waals surface area contributed by atoms with Crippen LogP contribution in [0, 0.1) is 5.92 Å². The van der Waals surface area contributed by atoms with Crippen LogP contribution >= 0.6 is 0 Å². The molecule has 2 heteroatoms. The third-order valence-corrected chi connectivity index (χ3v) is 2.43. The maximum absolute atomic E-state index is 9.59. The van der Waals surface area contributed by atoms with E-state index >= 15 is 0 Å². The smallest absolute Gasteiger partial charge is 0.0592 e. The first-order valence-corrected chi connectivity index (χ1v) is 5.28. The second kappa shape index (κ2) is 5.52. The minimum atomic E-state index is -0.619. The zero-order valence-corrected chi connectivity index (χ0v) is 9.88. The highest BCUT2D eigenvalue weighted by molar-refractivity contribution is 4.97. The van der Waals surface area contributed by atoms with E-state index in [0.29, 0.717) is 5.92 Å². The van der Waals surface area contributed by atoms with Crippen molar-refractivity contribution in [3.8, 4) is 0 Å². The largest absolute Gasteiger partial charge is 0.393 e. The van der Waals surface area contributed by atoms with E-state index in [1.807, 2.05) is 20.8 Å². The van der Waals surface area contributed by atoms with Crippen molar-refractivity contribution < 1.29 is 10.2 Å². The first-order valence-electron chi connectivity index (χ1n) is 5.28. The van der Waals surface area contributed by atoms with E-state index in [1.165, 1.54) is 0 Å². The molecule has 0 bridgehead atoms. The number of hydrogen-bond donors (Lipinski definition) is 2. The van der Waals surface area contributed by atoms with Gasteiger partial charge in [0.15, 0.2) is 0 Å². The predicted octanol–water partition coefficient (Wildman–Crippen LogP) is 2.50. The van der Waals surface area contributed by atoms with Crippen molar-refractivity contribution in [2.24, 2.45) is 5.92 Å². The Hall–Kier alpha value is -0.340. The summed E-state index contributed by atoms with van der Waals surface area (Å²) in [4.78, 5) is 0. The van der Waals surface area contributed by atoms with Crippen molar-refractivity contribution in [2.75, 3.05) is 0 Å². The van der Waals surface area contributed by atoms with E-state index in [1.54, 1.807) is 6.92 Å². The molecule has 0 radical (unpaired) electrons. The number of aliphatic hydroxyl groups is 2. The monoisotopic (exact) mass is 200 g/mol. The topological polar surface area (TPSA) is 40.5 Å². The molecule has 84 valence electrons. The van der Waals surface area contributed by atoms with Gasteiger partial charge in [-0.2, -0.15) is 0 Å². The van der Waals surface area contributed by atoms with Gasteiger partial charge in [0.1, 0.15) is 0 Å². The normalized spacial score (nSPS) is 16.4. The molecule has 14 heavy (non-hydrogen) atoms. The fourth-order valence-corrected chi connectivity index (χ4v) is 1.50. The van der Waals surface area contributed by atoms with Crippen LogP contribution in [0.25, 0.3) is 0 Å². The van der Waals surface area contributed by atoms with Crippen LogP contribution < -0.4 is 0 Å². The van der Waals surface area contributed by atoms with Crippen molar-refractivity contribution in [3.05, 3.63) is 12.2 Å². The lowest BCUT2D eigenvalue weighted by atomic mass is 9.87. The molecular formula is C12H24O2. The van der Waals surface area contributed by atoms with Crippen LogP contribution in [-0.4, -0.2) is 21.9 Å². The summed E-state index contributed by atoms with van der Waals surface area (Å²) in [5.41, 5.74) is 0.474. The lowest BCUT2D eigenvalue weighted by Crippen LogP contribution is -2.21. The third-order valence-electron chi connectivity index (χ3n) is 2.43. The fourth-order valence-electron chi connectivity index (χ4n) is 1.50. The van der Waals surface area contributed by atoms with Gasteiger partial charge in [-0.3, -0.25) is 0 Å². The fraction of sp³-hybridized carbons (Fsp3) is 0.833. The molecule has 0 saturated heterocycles. The van der Waals surface area contributed by atoms with Gasteiger partial charge in [0.2, 0.25) is 0 Å². The van der Waals surface area contributed by atoms with Crippen molar-refractivity contribution in [1.29, 1.82) is 0 Å². The summed E-state index contributed by atoms with van der Waals surface area (Å²) in [5, 5.41) is 18.9.